The SMILES string of the molecule is B/C(C)=C(\C(C)=N)c1cc2ncc([N+](=O)[O-])c(Cl)c2cc1OC. The second-order valence-corrected chi connectivity index (χ2v) is 5.66. The number of hydrogen-bond acceptors (Lipinski definition) is 5. The average molecular weight is 332 g/mol. The highest BCUT2D eigenvalue weighted by atomic mass is 35.5. The third-order valence-corrected chi connectivity index (χ3v) is 3.84. The standard InChI is InChI=1S/C15H15BClN3O3/c1-7(16)14(8(2)18)10-4-11-9(5-13(10)23-3)15(17)12(6-19-11)20(21)22/h4-6,18H,16H2,1-3H3/b14-7+,18-8?. The molecule has 1 aromatic carbocycles. The second kappa shape index (κ2) is 6.38. The summed E-state index contributed by atoms with van der Waals surface area (Å²) < 4.78 is 5.40. The number of methoxy groups -OCH3 is 1. The molecule has 0 fully saturated rings. The summed E-state index contributed by atoms with van der Waals surface area (Å²) in [7, 11) is 3.42. The molecule has 1 heterocycles. The molecule has 1 N–H and O–H groups in total. The lowest BCUT2D eigenvalue weighted by atomic mass is 9.85. The Morgan fingerprint density at radius 2 is 2.09 bits per heavy atom. The second-order valence-electron chi connectivity index (χ2n) is 5.28. The number of allylic oxidation sites excluding steroid dienone is 2. The van der Waals surface area contributed by atoms with E-state index in [-0.39, 0.29) is 10.7 Å². The molecule has 0 aliphatic heterocycles. The molecule has 23 heavy (non-hydrogen) atoms. The quantitative estimate of drug-likeness (QED) is 0.403. The van der Waals surface area contributed by atoms with Gasteiger partial charge in [0.05, 0.1) is 17.5 Å². The van der Waals surface area contributed by atoms with Crippen LogP contribution in [0.25, 0.3) is 16.5 Å². The molecule has 0 saturated carbocycles. The Balaban J connectivity index is 2.85. The molecule has 0 unspecified atom stereocenters. The molecule has 0 atom stereocenters. The lowest BCUT2D eigenvalue weighted by Gasteiger charge is -2.15. The predicted molar refractivity (Wildman–Crippen MR) is 94.5 cm³/mol. The van der Waals surface area contributed by atoms with Crippen LogP contribution < -0.4 is 4.74 Å². The Bertz CT molecular complexity index is 861. The molecule has 2 aromatic rings. The molecule has 1 aromatic heterocycles. The zero-order chi connectivity index (χ0) is 17.3. The Morgan fingerprint density at radius 1 is 1.43 bits per heavy atom. The third kappa shape index (κ3) is 3.05. The summed E-state index contributed by atoms with van der Waals surface area (Å²) in [5.41, 5.74) is 3.08. The van der Waals surface area contributed by atoms with Gasteiger partial charge in [0.25, 0.3) is 0 Å². The smallest absolute Gasteiger partial charge is 0.306 e. The van der Waals surface area contributed by atoms with Gasteiger partial charge < -0.3 is 10.1 Å². The first-order valence-corrected chi connectivity index (χ1v) is 7.19. The van der Waals surface area contributed by atoms with Crippen molar-refractivity contribution >= 4 is 47.3 Å². The number of benzene rings is 1. The highest BCUT2D eigenvalue weighted by Crippen LogP contribution is 2.37. The predicted octanol–water partition coefficient (Wildman–Crippen LogP) is 3.21. The van der Waals surface area contributed by atoms with Crippen molar-refractivity contribution in [3.63, 3.8) is 0 Å². The topological polar surface area (TPSA) is 89.1 Å². The van der Waals surface area contributed by atoms with Gasteiger partial charge in [-0.25, -0.2) is 4.98 Å². The van der Waals surface area contributed by atoms with Gasteiger partial charge in [-0.3, -0.25) is 10.1 Å². The molecule has 0 bridgehead atoms. The summed E-state index contributed by atoms with van der Waals surface area (Å²) in [5.74, 6) is 0.490. The van der Waals surface area contributed by atoms with Crippen molar-refractivity contribution in [3.05, 3.63) is 44.5 Å². The van der Waals surface area contributed by atoms with E-state index in [4.69, 9.17) is 21.7 Å². The number of halogens is 1. The van der Waals surface area contributed by atoms with E-state index in [1.54, 1.807) is 19.1 Å². The normalized spacial score (nSPS) is 12.0. The molecular formula is C15H15BClN3O3. The molecule has 0 amide bonds. The van der Waals surface area contributed by atoms with Crippen molar-refractivity contribution < 1.29 is 9.66 Å². The number of nitro groups is 1. The van der Waals surface area contributed by atoms with Gasteiger partial charge in [-0.15, -0.1) is 5.47 Å². The van der Waals surface area contributed by atoms with Crippen LogP contribution in [0, 0.1) is 15.5 Å². The van der Waals surface area contributed by atoms with Crippen LogP contribution in [-0.2, 0) is 0 Å². The summed E-state index contributed by atoms with van der Waals surface area (Å²) in [6.45, 7) is 3.61. The van der Waals surface area contributed by atoms with E-state index in [2.05, 4.69) is 4.98 Å². The van der Waals surface area contributed by atoms with Gasteiger partial charge in [0.1, 0.15) is 24.8 Å². The van der Waals surface area contributed by atoms with Crippen LogP contribution >= 0.6 is 11.6 Å². The van der Waals surface area contributed by atoms with E-state index in [1.165, 1.54) is 7.11 Å². The number of ether oxygens (including phenoxy) is 1. The summed E-state index contributed by atoms with van der Waals surface area (Å²) >= 11 is 6.13. The van der Waals surface area contributed by atoms with Crippen LogP contribution in [0.3, 0.4) is 0 Å². The maximum atomic E-state index is 11.0. The summed E-state index contributed by atoms with van der Waals surface area (Å²) in [6, 6.07) is 3.36. The lowest BCUT2D eigenvalue weighted by molar-refractivity contribution is -0.384. The van der Waals surface area contributed by atoms with Gasteiger partial charge in [-0.2, -0.15) is 0 Å². The number of rotatable bonds is 4. The first-order valence-electron chi connectivity index (χ1n) is 6.82. The van der Waals surface area contributed by atoms with E-state index in [0.717, 1.165) is 17.2 Å². The van der Waals surface area contributed by atoms with Crippen LogP contribution in [0.4, 0.5) is 5.69 Å². The van der Waals surface area contributed by atoms with E-state index in [1.807, 2.05) is 14.8 Å². The molecule has 6 nitrogen and oxygen atoms in total. The molecule has 8 heteroatoms. The van der Waals surface area contributed by atoms with Gasteiger partial charge in [0.15, 0.2) is 0 Å². The maximum absolute atomic E-state index is 11.0. The number of nitrogens with zero attached hydrogens (tertiary/aromatic N) is 2. The molecule has 0 aliphatic carbocycles. The van der Waals surface area contributed by atoms with Crippen molar-refractivity contribution in [2.75, 3.05) is 7.11 Å². The summed E-state index contributed by atoms with van der Waals surface area (Å²) in [5, 5.41) is 19.4. The van der Waals surface area contributed by atoms with Gasteiger partial charge in [-0.1, -0.05) is 18.5 Å². The number of nitrogens with one attached hydrogen (secondary N) is 1. The molecule has 0 radical (unpaired) electrons. The maximum Gasteiger partial charge on any atom is 0.306 e. The highest BCUT2D eigenvalue weighted by molar-refractivity contribution is 6.38. The fourth-order valence-corrected chi connectivity index (χ4v) is 2.78. The van der Waals surface area contributed by atoms with Gasteiger partial charge in [-0.05, 0) is 24.6 Å². The molecule has 0 spiro atoms. The fraction of sp³-hybridized carbons (Fsp3) is 0.200. The van der Waals surface area contributed by atoms with Crippen molar-refractivity contribution in [2.24, 2.45) is 0 Å². The first kappa shape index (κ1) is 17.0. The van der Waals surface area contributed by atoms with Crippen LogP contribution in [0.2, 0.25) is 5.02 Å². The average Bonchev–Trinajstić information content (AvgIpc) is 2.46. The van der Waals surface area contributed by atoms with Crippen LogP contribution in [0.15, 0.2) is 23.8 Å². The Hall–Kier alpha value is -2.41. The molecule has 2 rings (SSSR count). The minimum Gasteiger partial charge on any atom is -0.496 e. The lowest BCUT2D eigenvalue weighted by Crippen LogP contribution is -2.02. The third-order valence-electron chi connectivity index (χ3n) is 3.45. The van der Waals surface area contributed by atoms with Crippen LogP contribution in [0.5, 0.6) is 5.75 Å². The zero-order valence-electron chi connectivity index (χ0n) is 13.2. The highest BCUT2D eigenvalue weighted by Gasteiger charge is 2.20. The van der Waals surface area contributed by atoms with Gasteiger partial charge >= 0.3 is 5.69 Å². The fourth-order valence-electron chi connectivity index (χ4n) is 2.51. The van der Waals surface area contributed by atoms with Gasteiger partial charge in [0, 0.05) is 16.7 Å². The largest absolute Gasteiger partial charge is 0.496 e. The molecular weight excluding hydrogens is 316 g/mol. The molecule has 0 aliphatic rings. The minimum atomic E-state index is -0.571. The molecule has 118 valence electrons. The summed E-state index contributed by atoms with van der Waals surface area (Å²) in [4.78, 5) is 14.5. The Labute approximate surface area is 139 Å². The first-order chi connectivity index (χ1) is 10.8. The molecule has 0 saturated heterocycles. The number of fused-ring (bicyclic) bond motifs is 1. The summed E-state index contributed by atoms with van der Waals surface area (Å²) in [6.07, 6.45) is 1.14. The van der Waals surface area contributed by atoms with Crippen LogP contribution in [-0.4, -0.2) is 30.6 Å². The van der Waals surface area contributed by atoms with Gasteiger partial charge in [0.2, 0.25) is 0 Å². The van der Waals surface area contributed by atoms with E-state index in [9.17, 15) is 10.1 Å². The van der Waals surface area contributed by atoms with E-state index in [0.29, 0.717) is 27.9 Å². The Morgan fingerprint density at radius 3 is 2.57 bits per heavy atom. The number of aromatic nitrogens is 1. The van der Waals surface area contributed by atoms with Crippen molar-refractivity contribution in [2.45, 2.75) is 13.8 Å². The number of hydrogen-bond donors (Lipinski definition) is 1. The minimum absolute atomic E-state index is 0.0233. The monoisotopic (exact) mass is 331 g/mol. The number of pyridine rings is 1. The Kier molecular flexibility index (Phi) is 4.70. The zero-order valence-corrected chi connectivity index (χ0v) is 14.0. The van der Waals surface area contributed by atoms with Crippen molar-refractivity contribution in [1.29, 1.82) is 5.41 Å². The van der Waals surface area contributed by atoms with Crippen molar-refractivity contribution in [1.82, 2.24) is 4.98 Å². The van der Waals surface area contributed by atoms with Crippen molar-refractivity contribution in [3.8, 4) is 5.75 Å². The van der Waals surface area contributed by atoms with Crippen LogP contribution in [0.1, 0.15) is 19.4 Å². The van der Waals surface area contributed by atoms with E-state index >= 15 is 0 Å². The van der Waals surface area contributed by atoms with E-state index < -0.39 is 4.92 Å².